The monoisotopic (exact) mass is 327 g/mol. The molecule has 3 N–H and O–H groups in total. The summed E-state index contributed by atoms with van der Waals surface area (Å²) in [7, 11) is -3.59. The highest BCUT2D eigenvalue weighted by molar-refractivity contribution is 7.92. The quantitative estimate of drug-likeness (QED) is 0.793. The molecule has 0 saturated heterocycles. The Morgan fingerprint density at radius 3 is 2.81 bits per heavy atom. The van der Waals surface area contributed by atoms with Gasteiger partial charge in [0.2, 0.25) is 10.0 Å². The Morgan fingerprint density at radius 1 is 1.29 bits per heavy atom. The van der Waals surface area contributed by atoms with Gasteiger partial charge in [-0.3, -0.25) is 4.72 Å². The zero-order valence-corrected chi connectivity index (χ0v) is 12.6. The third kappa shape index (κ3) is 4.80. The molecule has 0 unspecified atom stereocenters. The van der Waals surface area contributed by atoms with Crippen LogP contribution in [0.15, 0.2) is 42.6 Å². The first-order valence-corrected chi connectivity index (χ1v) is 8.09. The second-order valence-electron chi connectivity index (χ2n) is 4.18. The van der Waals surface area contributed by atoms with Crippen LogP contribution in [0.2, 0.25) is 5.02 Å². The molecule has 6 nitrogen and oxygen atoms in total. The molecule has 0 fully saturated rings. The molecule has 21 heavy (non-hydrogen) atoms. The summed E-state index contributed by atoms with van der Waals surface area (Å²) in [6, 6.07) is 9.93. The van der Waals surface area contributed by atoms with E-state index in [1.54, 1.807) is 36.4 Å². The largest absolute Gasteiger partial charge is 0.492 e. The van der Waals surface area contributed by atoms with E-state index in [0.717, 1.165) is 0 Å². The molecule has 1 heterocycles. The molecule has 0 bridgehead atoms. The van der Waals surface area contributed by atoms with Crippen LogP contribution in [-0.4, -0.2) is 25.8 Å². The highest BCUT2D eigenvalue weighted by atomic mass is 35.5. The summed E-state index contributed by atoms with van der Waals surface area (Å²) < 4.78 is 31.4. The van der Waals surface area contributed by atoms with Gasteiger partial charge in [-0.15, -0.1) is 0 Å². The Morgan fingerprint density at radius 2 is 2.10 bits per heavy atom. The Hall–Kier alpha value is -1.99. The van der Waals surface area contributed by atoms with Gasteiger partial charge in [-0.25, -0.2) is 13.4 Å². The third-order valence-corrected chi connectivity index (χ3v) is 4.00. The molecule has 1 aromatic carbocycles. The zero-order valence-electron chi connectivity index (χ0n) is 11.0. The summed E-state index contributed by atoms with van der Waals surface area (Å²) in [6.07, 6.45) is 1.45. The second-order valence-corrected chi connectivity index (χ2v) is 6.42. The van der Waals surface area contributed by atoms with Crippen LogP contribution in [0.4, 0.5) is 11.5 Å². The smallest absolute Gasteiger partial charge is 0.237 e. The van der Waals surface area contributed by atoms with Crippen molar-refractivity contribution in [2.75, 3.05) is 22.8 Å². The molecule has 1 aromatic heterocycles. The number of benzene rings is 1. The number of ether oxygens (including phenoxy) is 1. The normalized spacial score (nSPS) is 11.1. The number of nitrogens with zero attached hydrogens (tertiary/aromatic N) is 1. The number of aromatic nitrogens is 1. The predicted octanol–water partition coefficient (Wildman–Crippen LogP) is 2.14. The summed E-state index contributed by atoms with van der Waals surface area (Å²) in [5.74, 6) is 0.388. The minimum atomic E-state index is -3.59. The molecule has 2 aromatic rings. The summed E-state index contributed by atoms with van der Waals surface area (Å²) in [5, 5.41) is 0.234. The lowest BCUT2D eigenvalue weighted by Crippen LogP contribution is -2.22. The molecule has 0 atom stereocenters. The van der Waals surface area contributed by atoms with Crippen LogP contribution in [0.3, 0.4) is 0 Å². The number of pyridine rings is 1. The van der Waals surface area contributed by atoms with E-state index < -0.39 is 10.0 Å². The van der Waals surface area contributed by atoms with Gasteiger partial charge in [0.15, 0.2) is 5.82 Å². The molecular weight excluding hydrogens is 314 g/mol. The van der Waals surface area contributed by atoms with Crippen LogP contribution in [0, 0.1) is 0 Å². The fraction of sp³-hybridized carbons (Fsp3) is 0.154. The van der Waals surface area contributed by atoms with Crippen LogP contribution < -0.4 is 15.2 Å². The molecule has 0 aliphatic heterocycles. The zero-order chi connectivity index (χ0) is 15.3. The van der Waals surface area contributed by atoms with Gasteiger partial charge in [-0.05, 0) is 24.3 Å². The van der Waals surface area contributed by atoms with Gasteiger partial charge in [0.1, 0.15) is 18.1 Å². The van der Waals surface area contributed by atoms with Crippen molar-refractivity contribution in [3.8, 4) is 5.75 Å². The van der Waals surface area contributed by atoms with E-state index in [2.05, 4.69) is 9.71 Å². The Kier molecular flexibility index (Phi) is 4.87. The standard InChI is InChI=1S/C13H14ClN3O3S/c14-12-5-2-6-16-13(12)17-21(18,19)8-7-20-11-4-1-3-10(15)9-11/h1-6,9H,7-8,15H2,(H,16,17). The van der Waals surface area contributed by atoms with E-state index >= 15 is 0 Å². The Labute approximate surface area is 128 Å². The van der Waals surface area contributed by atoms with E-state index in [4.69, 9.17) is 22.1 Å². The molecule has 0 saturated carbocycles. The van der Waals surface area contributed by atoms with Gasteiger partial charge < -0.3 is 10.5 Å². The maximum absolute atomic E-state index is 11.9. The van der Waals surface area contributed by atoms with Crippen LogP contribution >= 0.6 is 11.6 Å². The maximum atomic E-state index is 11.9. The molecular formula is C13H14ClN3O3S. The molecule has 0 radical (unpaired) electrons. The lowest BCUT2D eigenvalue weighted by molar-refractivity contribution is 0.341. The lowest BCUT2D eigenvalue weighted by Gasteiger charge is -2.09. The predicted molar refractivity (Wildman–Crippen MR) is 83.0 cm³/mol. The topological polar surface area (TPSA) is 94.3 Å². The highest BCUT2D eigenvalue weighted by Crippen LogP contribution is 2.19. The van der Waals surface area contributed by atoms with Crippen molar-refractivity contribution in [3.63, 3.8) is 0 Å². The van der Waals surface area contributed by atoms with Gasteiger partial charge in [0.25, 0.3) is 0 Å². The first-order valence-electron chi connectivity index (χ1n) is 6.06. The van der Waals surface area contributed by atoms with E-state index in [0.29, 0.717) is 11.4 Å². The highest BCUT2D eigenvalue weighted by Gasteiger charge is 2.13. The first-order chi connectivity index (χ1) is 9.96. The van der Waals surface area contributed by atoms with Crippen molar-refractivity contribution < 1.29 is 13.2 Å². The van der Waals surface area contributed by atoms with Crippen LogP contribution in [0.1, 0.15) is 0 Å². The maximum Gasteiger partial charge on any atom is 0.237 e. The fourth-order valence-electron chi connectivity index (χ4n) is 1.53. The number of rotatable bonds is 6. The van der Waals surface area contributed by atoms with Crippen molar-refractivity contribution in [2.45, 2.75) is 0 Å². The van der Waals surface area contributed by atoms with Crippen molar-refractivity contribution >= 4 is 33.1 Å². The first kappa shape index (κ1) is 15.4. The molecule has 0 aliphatic rings. The number of halogens is 1. The number of sulfonamides is 1. The second kappa shape index (κ2) is 6.64. The van der Waals surface area contributed by atoms with Gasteiger partial charge in [0, 0.05) is 18.0 Å². The summed E-state index contributed by atoms with van der Waals surface area (Å²) >= 11 is 5.84. The van der Waals surface area contributed by atoms with Gasteiger partial charge >= 0.3 is 0 Å². The van der Waals surface area contributed by atoms with E-state index in [9.17, 15) is 8.42 Å². The third-order valence-electron chi connectivity index (χ3n) is 2.49. The van der Waals surface area contributed by atoms with Gasteiger partial charge in [-0.1, -0.05) is 17.7 Å². The summed E-state index contributed by atoms with van der Waals surface area (Å²) in [4.78, 5) is 3.86. The molecule has 0 amide bonds. The van der Waals surface area contributed by atoms with E-state index in [-0.39, 0.29) is 23.2 Å². The SMILES string of the molecule is Nc1cccc(OCCS(=O)(=O)Nc2ncccc2Cl)c1. The minimum Gasteiger partial charge on any atom is -0.492 e. The minimum absolute atomic E-state index is 0.0107. The number of nitrogens with one attached hydrogen (secondary N) is 1. The molecule has 0 aliphatic carbocycles. The summed E-state index contributed by atoms with van der Waals surface area (Å²) in [5.41, 5.74) is 6.15. The molecule has 112 valence electrons. The number of nitrogens with two attached hydrogens (primary N) is 1. The van der Waals surface area contributed by atoms with Crippen molar-refractivity contribution in [1.29, 1.82) is 0 Å². The number of nitrogen functional groups attached to an aromatic ring is 1. The van der Waals surface area contributed by atoms with Gasteiger partial charge in [-0.2, -0.15) is 0 Å². The number of hydrogen-bond donors (Lipinski definition) is 2. The number of hydrogen-bond acceptors (Lipinski definition) is 5. The molecule has 2 rings (SSSR count). The fourth-order valence-corrected chi connectivity index (χ4v) is 2.62. The Bertz CT molecular complexity index is 722. The van der Waals surface area contributed by atoms with Crippen molar-refractivity contribution in [2.24, 2.45) is 0 Å². The van der Waals surface area contributed by atoms with E-state index in [1.807, 2.05) is 0 Å². The van der Waals surface area contributed by atoms with Crippen LogP contribution in [0.25, 0.3) is 0 Å². The lowest BCUT2D eigenvalue weighted by atomic mass is 10.3. The molecule has 8 heteroatoms. The van der Waals surface area contributed by atoms with E-state index in [1.165, 1.54) is 6.20 Å². The summed E-state index contributed by atoms with van der Waals surface area (Å²) in [6.45, 7) is -0.0107. The van der Waals surface area contributed by atoms with Crippen molar-refractivity contribution in [3.05, 3.63) is 47.6 Å². The average Bonchev–Trinajstić information content (AvgIpc) is 2.41. The number of anilines is 2. The van der Waals surface area contributed by atoms with Crippen LogP contribution in [0.5, 0.6) is 5.75 Å². The Balaban J connectivity index is 1.91. The van der Waals surface area contributed by atoms with Crippen LogP contribution in [-0.2, 0) is 10.0 Å². The molecule has 0 spiro atoms. The van der Waals surface area contributed by atoms with Gasteiger partial charge in [0.05, 0.1) is 5.02 Å². The average molecular weight is 328 g/mol. The van der Waals surface area contributed by atoms with Crippen molar-refractivity contribution in [1.82, 2.24) is 4.98 Å².